The Kier molecular flexibility index (Phi) is 1.77. The molecule has 0 spiro atoms. The third-order valence-corrected chi connectivity index (χ3v) is 2.07. The Morgan fingerprint density at radius 2 is 2.33 bits per heavy atom. The van der Waals surface area contributed by atoms with Crippen molar-refractivity contribution in [3.8, 4) is 0 Å². The van der Waals surface area contributed by atoms with Crippen molar-refractivity contribution in [3.05, 3.63) is 29.0 Å². The largest absolute Gasteiger partial charge is 0.360 e. The van der Waals surface area contributed by atoms with E-state index in [2.05, 4.69) is 5.16 Å². The second-order valence-electron chi connectivity index (χ2n) is 2.62. The molecule has 1 heterocycles. The number of hydrogen-bond donors (Lipinski definition) is 0. The first-order chi connectivity index (χ1) is 5.81. The number of rotatable bonds is 1. The average molecular weight is 182 g/mol. The predicted octanol–water partition coefficient (Wildman–Crippen LogP) is 3.04. The first-order valence-corrected chi connectivity index (χ1v) is 4.23. The van der Waals surface area contributed by atoms with Gasteiger partial charge in [-0.3, -0.25) is 0 Å². The Morgan fingerprint density at radius 1 is 1.50 bits per heavy atom. The summed E-state index contributed by atoms with van der Waals surface area (Å²) in [5.74, 6) is 0.896. The molecule has 2 rings (SSSR count). The Balaban J connectivity index is 2.75. The molecule has 0 unspecified atom stereocenters. The summed E-state index contributed by atoms with van der Waals surface area (Å²) >= 11 is 5.84. The number of halogens is 1. The van der Waals surface area contributed by atoms with Crippen molar-refractivity contribution in [2.45, 2.75) is 13.3 Å². The van der Waals surface area contributed by atoms with E-state index in [1.807, 2.05) is 25.1 Å². The molecule has 12 heavy (non-hydrogen) atoms. The average Bonchev–Trinajstić information content (AvgIpc) is 2.46. The molecular weight excluding hydrogens is 174 g/mol. The fourth-order valence-electron chi connectivity index (χ4n) is 1.22. The van der Waals surface area contributed by atoms with Crippen LogP contribution in [0.15, 0.2) is 22.7 Å². The molecule has 0 N–H and O–H groups in total. The lowest BCUT2D eigenvalue weighted by Gasteiger charge is -1.89. The minimum Gasteiger partial charge on any atom is -0.360 e. The number of hydrogen-bond acceptors (Lipinski definition) is 2. The minimum absolute atomic E-state index is 0.723. The van der Waals surface area contributed by atoms with Gasteiger partial charge < -0.3 is 4.52 Å². The zero-order valence-electron chi connectivity index (χ0n) is 6.67. The number of aromatic nitrogens is 1. The highest BCUT2D eigenvalue weighted by Gasteiger charge is 2.05. The van der Waals surface area contributed by atoms with Crippen LogP contribution in [0.4, 0.5) is 0 Å². The number of nitrogens with zero attached hydrogens (tertiary/aromatic N) is 1. The molecule has 1 aromatic carbocycles. The smallest absolute Gasteiger partial charge is 0.144 e. The molecule has 0 saturated carbocycles. The van der Waals surface area contributed by atoms with Crippen molar-refractivity contribution in [1.82, 2.24) is 5.16 Å². The molecule has 1 aromatic heterocycles. The molecule has 0 saturated heterocycles. The number of fused-ring (bicyclic) bond motifs is 1. The number of aryl methyl sites for hydroxylation is 1. The lowest BCUT2D eigenvalue weighted by atomic mass is 10.2. The van der Waals surface area contributed by atoms with Crippen molar-refractivity contribution >= 4 is 22.5 Å². The maximum absolute atomic E-state index is 5.84. The molecule has 0 radical (unpaired) electrons. The molecule has 2 nitrogen and oxygen atoms in total. The molecule has 0 amide bonds. The number of benzene rings is 1. The van der Waals surface area contributed by atoms with Gasteiger partial charge in [-0.05, 0) is 18.2 Å². The Bertz CT molecular complexity index is 408. The monoisotopic (exact) mass is 181 g/mol. The second-order valence-corrected chi connectivity index (χ2v) is 3.06. The van der Waals surface area contributed by atoms with Crippen molar-refractivity contribution in [2.24, 2.45) is 0 Å². The summed E-state index contributed by atoms with van der Waals surface area (Å²) in [6.07, 6.45) is 0.844. The van der Waals surface area contributed by atoms with Gasteiger partial charge in [0.15, 0.2) is 0 Å². The highest BCUT2D eigenvalue weighted by atomic mass is 35.5. The lowest BCUT2D eigenvalue weighted by Crippen LogP contribution is -1.74. The summed E-state index contributed by atoms with van der Waals surface area (Å²) in [5, 5.41) is 5.64. The summed E-state index contributed by atoms with van der Waals surface area (Å²) in [7, 11) is 0. The molecule has 0 aliphatic carbocycles. The van der Waals surface area contributed by atoms with E-state index in [1.165, 1.54) is 0 Å². The van der Waals surface area contributed by atoms with Gasteiger partial charge in [0.1, 0.15) is 11.3 Å². The first kappa shape index (κ1) is 7.62. The molecule has 3 heteroatoms. The van der Waals surface area contributed by atoms with Crippen LogP contribution in [0.3, 0.4) is 0 Å². The van der Waals surface area contributed by atoms with Crippen LogP contribution in [0.25, 0.3) is 10.9 Å². The van der Waals surface area contributed by atoms with Gasteiger partial charge in [-0.1, -0.05) is 23.7 Å². The zero-order valence-corrected chi connectivity index (χ0v) is 7.43. The van der Waals surface area contributed by atoms with Gasteiger partial charge in [0.25, 0.3) is 0 Å². The van der Waals surface area contributed by atoms with Gasteiger partial charge in [-0.15, -0.1) is 0 Å². The van der Waals surface area contributed by atoms with Gasteiger partial charge in [0.05, 0.1) is 0 Å². The highest BCUT2D eigenvalue weighted by molar-refractivity contribution is 6.31. The maximum atomic E-state index is 5.84. The predicted molar refractivity (Wildman–Crippen MR) is 48.4 cm³/mol. The van der Waals surface area contributed by atoms with E-state index in [9.17, 15) is 0 Å². The van der Waals surface area contributed by atoms with E-state index in [4.69, 9.17) is 16.1 Å². The van der Waals surface area contributed by atoms with Gasteiger partial charge >= 0.3 is 0 Å². The molecule has 0 fully saturated rings. The fourth-order valence-corrected chi connectivity index (χ4v) is 1.39. The van der Waals surface area contributed by atoms with Gasteiger partial charge in [-0.25, -0.2) is 0 Å². The zero-order chi connectivity index (χ0) is 8.55. The molecule has 62 valence electrons. The van der Waals surface area contributed by atoms with E-state index < -0.39 is 0 Å². The lowest BCUT2D eigenvalue weighted by molar-refractivity contribution is 0.395. The van der Waals surface area contributed by atoms with Crippen molar-refractivity contribution in [1.29, 1.82) is 0 Å². The highest BCUT2D eigenvalue weighted by Crippen LogP contribution is 2.22. The van der Waals surface area contributed by atoms with Crippen LogP contribution in [0, 0.1) is 0 Å². The summed E-state index contributed by atoms with van der Waals surface area (Å²) < 4.78 is 5.11. The van der Waals surface area contributed by atoms with Crippen LogP contribution in [-0.2, 0) is 6.42 Å². The fraction of sp³-hybridized carbons (Fsp3) is 0.222. The van der Waals surface area contributed by atoms with E-state index >= 15 is 0 Å². The van der Waals surface area contributed by atoms with Crippen LogP contribution in [-0.4, -0.2) is 5.16 Å². The van der Waals surface area contributed by atoms with E-state index in [0.29, 0.717) is 0 Å². The van der Waals surface area contributed by atoms with E-state index in [0.717, 1.165) is 28.1 Å². The quantitative estimate of drug-likeness (QED) is 0.676. The topological polar surface area (TPSA) is 26.0 Å². The van der Waals surface area contributed by atoms with Crippen LogP contribution in [0.5, 0.6) is 0 Å². The van der Waals surface area contributed by atoms with Gasteiger partial charge in [0, 0.05) is 16.8 Å². The third kappa shape index (κ3) is 1.08. The molecule has 0 bridgehead atoms. The van der Waals surface area contributed by atoms with Crippen LogP contribution < -0.4 is 0 Å². The molecule has 0 atom stereocenters. The first-order valence-electron chi connectivity index (χ1n) is 3.85. The second kappa shape index (κ2) is 2.79. The van der Waals surface area contributed by atoms with Crippen molar-refractivity contribution < 1.29 is 4.52 Å². The van der Waals surface area contributed by atoms with Crippen molar-refractivity contribution in [2.75, 3.05) is 0 Å². The van der Waals surface area contributed by atoms with Crippen LogP contribution in [0.2, 0.25) is 5.02 Å². The standard InChI is InChI=1S/C9H8ClNO/c1-2-9-7-5-6(10)3-4-8(7)11-12-9/h3-5H,2H2,1H3. The summed E-state index contributed by atoms with van der Waals surface area (Å²) in [4.78, 5) is 0. The van der Waals surface area contributed by atoms with Gasteiger partial charge in [-0.2, -0.15) is 0 Å². The molecule has 2 aromatic rings. The summed E-state index contributed by atoms with van der Waals surface area (Å²) in [5.41, 5.74) is 0.872. The Hall–Kier alpha value is -1.02. The summed E-state index contributed by atoms with van der Waals surface area (Å²) in [6.45, 7) is 2.03. The molecule has 0 aliphatic heterocycles. The molecule has 0 aliphatic rings. The van der Waals surface area contributed by atoms with E-state index in [-0.39, 0.29) is 0 Å². The van der Waals surface area contributed by atoms with Crippen molar-refractivity contribution in [3.63, 3.8) is 0 Å². The summed E-state index contributed by atoms with van der Waals surface area (Å²) in [6, 6.07) is 5.55. The van der Waals surface area contributed by atoms with Crippen LogP contribution >= 0.6 is 11.6 Å². The molecular formula is C9H8ClNO. The normalized spacial score (nSPS) is 10.8. The SMILES string of the molecule is CCc1onc2ccc(Cl)cc12. The Morgan fingerprint density at radius 3 is 3.08 bits per heavy atom. The maximum Gasteiger partial charge on any atom is 0.144 e. The Labute approximate surface area is 75.1 Å². The third-order valence-electron chi connectivity index (χ3n) is 1.83. The van der Waals surface area contributed by atoms with E-state index in [1.54, 1.807) is 0 Å². The van der Waals surface area contributed by atoms with Gasteiger partial charge in [0.2, 0.25) is 0 Å². The van der Waals surface area contributed by atoms with Crippen LogP contribution in [0.1, 0.15) is 12.7 Å². The minimum atomic E-state index is 0.723.